The Morgan fingerprint density at radius 2 is 2.09 bits per heavy atom. The van der Waals surface area contributed by atoms with Crippen molar-refractivity contribution >= 4 is 11.8 Å². The molecule has 60 valence electrons. The maximum Gasteiger partial charge on any atom is 0.100 e. The van der Waals surface area contributed by atoms with E-state index < -0.39 is 0 Å². The Morgan fingerprint density at radius 1 is 1.45 bits per heavy atom. The van der Waals surface area contributed by atoms with Crippen LogP contribution in [0.4, 0.5) is 0 Å². The summed E-state index contributed by atoms with van der Waals surface area (Å²) in [5.41, 5.74) is 0.957. The number of rotatable bonds is 3. The zero-order chi connectivity index (χ0) is 8.10. The van der Waals surface area contributed by atoms with Crippen LogP contribution < -0.4 is 0 Å². The van der Waals surface area contributed by atoms with Crippen LogP contribution in [0.15, 0.2) is 35.6 Å². The Kier molecular flexibility index (Phi) is 3.30. The van der Waals surface area contributed by atoms with Gasteiger partial charge in [0, 0.05) is 17.7 Å². The molecule has 0 aliphatic heterocycles. The molecule has 1 nitrogen and oxygen atoms in total. The molecular formula is C9H12OS. The molecule has 0 fully saturated rings. The van der Waals surface area contributed by atoms with Crippen molar-refractivity contribution in [1.82, 2.24) is 0 Å². The van der Waals surface area contributed by atoms with Gasteiger partial charge in [-0.1, -0.05) is 24.3 Å². The van der Waals surface area contributed by atoms with Gasteiger partial charge in [-0.15, -0.1) is 0 Å². The molecule has 1 aliphatic carbocycles. The molecule has 0 aromatic heterocycles. The third kappa shape index (κ3) is 2.46. The summed E-state index contributed by atoms with van der Waals surface area (Å²) in [6.07, 6.45) is 10.5. The molecule has 0 radical (unpaired) electrons. The van der Waals surface area contributed by atoms with E-state index in [4.69, 9.17) is 0 Å². The van der Waals surface area contributed by atoms with Crippen LogP contribution in [-0.4, -0.2) is 17.1 Å². The summed E-state index contributed by atoms with van der Waals surface area (Å²) in [6, 6.07) is 0. The summed E-state index contributed by atoms with van der Waals surface area (Å²) in [4.78, 5) is 0. The van der Waals surface area contributed by atoms with Gasteiger partial charge < -0.3 is 5.11 Å². The Balaban J connectivity index is 2.50. The SMILES string of the molecule is CSCCC(O)=C1C=CC=C1. The smallest absolute Gasteiger partial charge is 0.100 e. The lowest BCUT2D eigenvalue weighted by molar-refractivity contribution is 0.392. The van der Waals surface area contributed by atoms with Gasteiger partial charge in [0.05, 0.1) is 0 Å². The van der Waals surface area contributed by atoms with Gasteiger partial charge in [0.15, 0.2) is 0 Å². The van der Waals surface area contributed by atoms with E-state index in [1.165, 1.54) is 0 Å². The molecule has 2 heteroatoms. The maximum absolute atomic E-state index is 9.44. The summed E-state index contributed by atoms with van der Waals surface area (Å²) in [5.74, 6) is 1.49. The molecule has 0 aromatic carbocycles. The number of thioether (sulfide) groups is 1. The summed E-state index contributed by atoms with van der Waals surface area (Å²) < 4.78 is 0. The quantitative estimate of drug-likeness (QED) is 0.654. The normalized spacial score (nSPS) is 14.5. The predicted molar refractivity (Wildman–Crippen MR) is 50.9 cm³/mol. The number of aliphatic hydroxyl groups is 1. The zero-order valence-corrected chi connectivity index (χ0v) is 7.40. The fourth-order valence-corrected chi connectivity index (χ4v) is 1.31. The Labute approximate surface area is 71.5 Å². The zero-order valence-electron chi connectivity index (χ0n) is 6.58. The highest BCUT2D eigenvalue weighted by molar-refractivity contribution is 7.98. The lowest BCUT2D eigenvalue weighted by Crippen LogP contribution is -1.87. The fourth-order valence-electron chi connectivity index (χ4n) is 0.909. The van der Waals surface area contributed by atoms with Crippen molar-refractivity contribution in [2.24, 2.45) is 0 Å². The highest BCUT2D eigenvalue weighted by Gasteiger charge is 2.00. The minimum atomic E-state index is 0.504. The predicted octanol–water partition coefficient (Wildman–Crippen LogP) is 2.68. The lowest BCUT2D eigenvalue weighted by Gasteiger charge is -1.99. The second-order valence-corrected chi connectivity index (χ2v) is 3.35. The molecule has 0 aromatic rings. The van der Waals surface area contributed by atoms with E-state index in [0.717, 1.165) is 17.7 Å². The molecule has 0 heterocycles. The molecule has 1 N–H and O–H groups in total. The minimum Gasteiger partial charge on any atom is -0.512 e. The van der Waals surface area contributed by atoms with Crippen LogP contribution in [-0.2, 0) is 0 Å². The molecule has 0 atom stereocenters. The molecule has 0 unspecified atom stereocenters. The highest BCUT2D eigenvalue weighted by atomic mass is 32.2. The monoisotopic (exact) mass is 168 g/mol. The third-order valence-electron chi connectivity index (χ3n) is 1.54. The summed E-state index contributed by atoms with van der Waals surface area (Å²) in [6.45, 7) is 0. The Bertz CT molecular complexity index is 200. The van der Waals surface area contributed by atoms with Crippen molar-refractivity contribution in [2.45, 2.75) is 6.42 Å². The summed E-state index contributed by atoms with van der Waals surface area (Å²) in [7, 11) is 0. The second-order valence-electron chi connectivity index (χ2n) is 2.36. The molecule has 0 saturated carbocycles. The number of allylic oxidation sites excluding steroid dienone is 6. The van der Waals surface area contributed by atoms with E-state index in [2.05, 4.69) is 0 Å². The van der Waals surface area contributed by atoms with Gasteiger partial charge in [0.25, 0.3) is 0 Å². The van der Waals surface area contributed by atoms with Gasteiger partial charge in [-0.2, -0.15) is 11.8 Å². The molecule has 0 amide bonds. The van der Waals surface area contributed by atoms with E-state index in [9.17, 15) is 5.11 Å². The van der Waals surface area contributed by atoms with E-state index >= 15 is 0 Å². The average Bonchev–Trinajstić information content (AvgIpc) is 2.52. The van der Waals surface area contributed by atoms with E-state index in [1.807, 2.05) is 30.6 Å². The molecular weight excluding hydrogens is 156 g/mol. The van der Waals surface area contributed by atoms with Crippen LogP contribution in [0.1, 0.15) is 6.42 Å². The van der Waals surface area contributed by atoms with Crippen molar-refractivity contribution in [3.8, 4) is 0 Å². The van der Waals surface area contributed by atoms with Crippen molar-refractivity contribution in [1.29, 1.82) is 0 Å². The molecule has 0 bridgehead atoms. The number of hydrogen-bond acceptors (Lipinski definition) is 2. The topological polar surface area (TPSA) is 20.2 Å². The Hall–Kier alpha value is -0.630. The van der Waals surface area contributed by atoms with Gasteiger partial charge in [-0.3, -0.25) is 0 Å². The average molecular weight is 168 g/mol. The largest absolute Gasteiger partial charge is 0.512 e. The fraction of sp³-hybridized carbons (Fsp3) is 0.333. The van der Waals surface area contributed by atoms with Crippen molar-refractivity contribution in [2.75, 3.05) is 12.0 Å². The lowest BCUT2D eigenvalue weighted by atomic mass is 10.2. The van der Waals surface area contributed by atoms with Crippen LogP contribution in [0.5, 0.6) is 0 Å². The number of aliphatic hydroxyl groups excluding tert-OH is 1. The van der Waals surface area contributed by atoms with Gasteiger partial charge in [0.1, 0.15) is 5.76 Å². The molecule has 1 rings (SSSR count). The first-order valence-electron chi connectivity index (χ1n) is 3.60. The molecule has 0 saturated heterocycles. The highest BCUT2D eigenvalue weighted by Crippen LogP contribution is 2.15. The van der Waals surface area contributed by atoms with Crippen LogP contribution in [0.2, 0.25) is 0 Å². The van der Waals surface area contributed by atoms with Crippen LogP contribution in [0.3, 0.4) is 0 Å². The van der Waals surface area contributed by atoms with Gasteiger partial charge >= 0.3 is 0 Å². The first kappa shape index (κ1) is 8.47. The van der Waals surface area contributed by atoms with Crippen molar-refractivity contribution in [3.05, 3.63) is 35.6 Å². The minimum absolute atomic E-state index is 0.504. The molecule has 0 spiro atoms. The van der Waals surface area contributed by atoms with E-state index in [-0.39, 0.29) is 0 Å². The van der Waals surface area contributed by atoms with Crippen LogP contribution in [0, 0.1) is 0 Å². The third-order valence-corrected chi connectivity index (χ3v) is 2.15. The molecule has 1 aliphatic rings. The number of hydrogen-bond donors (Lipinski definition) is 1. The van der Waals surface area contributed by atoms with Crippen LogP contribution >= 0.6 is 11.8 Å². The van der Waals surface area contributed by atoms with Crippen molar-refractivity contribution in [3.63, 3.8) is 0 Å². The van der Waals surface area contributed by atoms with E-state index in [0.29, 0.717) is 5.76 Å². The van der Waals surface area contributed by atoms with Gasteiger partial charge in [-0.25, -0.2) is 0 Å². The molecule has 11 heavy (non-hydrogen) atoms. The first-order valence-corrected chi connectivity index (χ1v) is 5.00. The standard InChI is InChI=1S/C9H12OS/c1-11-7-6-9(10)8-4-2-3-5-8/h2-5,10H,6-7H2,1H3. The van der Waals surface area contributed by atoms with Crippen molar-refractivity contribution < 1.29 is 5.11 Å². The maximum atomic E-state index is 9.44. The first-order chi connectivity index (χ1) is 5.34. The summed E-state index contributed by atoms with van der Waals surface area (Å²) in [5, 5.41) is 9.44. The second kappa shape index (κ2) is 4.29. The Morgan fingerprint density at radius 3 is 2.64 bits per heavy atom. The van der Waals surface area contributed by atoms with Gasteiger partial charge in [0.2, 0.25) is 0 Å². The van der Waals surface area contributed by atoms with Gasteiger partial charge in [-0.05, 0) is 6.26 Å². The van der Waals surface area contributed by atoms with E-state index in [1.54, 1.807) is 11.8 Å². The van der Waals surface area contributed by atoms with Crippen LogP contribution in [0.25, 0.3) is 0 Å². The summed E-state index contributed by atoms with van der Waals surface area (Å²) >= 11 is 1.75.